The second kappa shape index (κ2) is 145. The molecule has 0 amide bonds. The van der Waals surface area contributed by atoms with Crippen LogP contribution in [0.15, 0.2) is 0 Å². The van der Waals surface area contributed by atoms with Gasteiger partial charge in [-0.25, -0.2) is 0 Å². The molecule has 0 aromatic rings. The summed E-state index contributed by atoms with van der Waals surface area (Å²) < 4.78 is 0. The smallest absolute Gasteiger partial charge is 0.0319 e. The molecule has 0 aliphatic rings. The Labute approximate surface area is 85.3 Å². The van der Waals surface area contributed by atoms with Crippen LogP contribution in [0.25, 0.3) is 0 Å². The molecule has 0 fully saturated rings. The van der Waals surface area contributed by atoms with Crippen LogP contribution in [0.3, 0.4) is 0 Å². The number of rotatable bonds is 1. The van der Waals surface area contributed by atoms with Crippen molar-refractivity contribution in [2.45, 2.75) is 19.8 Å². The zero-order chi connectivity index (χ0) is 9.41. The molecular weight excluding hydrogens is 180 g/mol. The van der Waals surface area contributed by atoms with Gasteiger partial charge < -0.3 is 22.2 Å². The summed E-state index contributed by atoms with van der Waals surface area (Å²) >= 11 is 0. The van der Waals surface area contributed by atoms with Crippen LogP contribution >= 0.6 is 0 Å². The number of hydrogen-bond acceptors (Lipinski definition) is 3. The van der Waals surface area contributed by atoms with E-state index in [1.165, 1.54) is 6.42 Å². The monoisotopic (exact) mass is 201 g/mol. The molecule has 0 atom stereocenters. The van der Waals surface area contributed by atoms with E-state index in [1.54, 1.807) is 0 Å². The Morgan fingerprint density at radius 2 is 1.00 bits per heavy atom. The molecule has 0 rings (SSSR count). The standard InChI is InChI=1S/C4H9.3CH4O.Ti/c1-3-4-2;3*1-2;/h1,3-4H2,2H3;3*2H,1H3;/q-1;;;;. The molecule has 0 heterocycles. The van der Waals surface area contributed by atoms with Gasteiger partial charge in [0, 0.05) is 43.0 Å². The van der Waals surface area contributed by atoms with Gasteiger partial charge in [0.05, 0.1) is 0 Å². The van der Waals surface area contributed by atoms with E-state index in [0.717, 1.165) is 27.8 Å². The van der Waals surface area contributed by atoms with Crippen molar-refractivity contribution in [2.24, 2.45) is 0 Å². The number of aliphatic hydroxyl groups excluding tert-OH is 3. The largest absolute Gasteiger partial charge is 0.400 e. The van der Waals surface area contributed by atoms with E-state index in [-0.39, 0.29) is 21.7 Å². The Kier molecular flexibility index (Phi) is 394. The minimum atomic E-state index is 0. The van der Waals surface area contributed by atoms with E-state index in [9.17, 15) is 0 Å². The first-order chi connectivity index (χ1) is 4.91. The molecule has 3 nitrogen and oxygen atoms in total. The van der Waals surface area contributed by atoms with Crippen LogP contribution in [-0.2, 0) is 21.7 Å². The molecule has 0 aromatic heterocycles. The third-order valence-electron chi connectivity index (χ3n) is 0.354. The van der Waals surface area contributed by atoms with Gasteiger partial charge in [-0.3, -0.25) is 0 Å². The van der Waals surface area contributed by atoms with Crippen LogP contribution in [0.4, 0.5) is 0 Å². The van der Waals surface area contributed by atoms with Crippen LogP contribution in [0.2, 0.25) is 0 Å². The van der Waals surface area contributed by atoms with Crippen LogP contribution in [-0.4, -0.2) is 36.6 Å². The first-order valence-electron chi connectivity index (χ1n) is 3.05. The Bertz CT molecular complexity index is 15.6. The summed E-state index contributed by atoms with van der Waals surface area (Å²) in [6, 6.07) is 0. The molecule has 0 saturated carbocycles. The summed E-state index contributed by atoms with van der Waals surface area (Å²) in [6.45, 7) is 5.72. The summed E-state index contributed by atoms with van der Waals surface area (Å²) in [6.07, 6.45) is 2.28. The van der Waals surface area contributed by atoms with Gasteiger partial charge in [-0.15, -0.1) is 0 Å². The fraction of sp³-hybridized carbons (Fsp3) is 0.857. The van der Waals surface area contributed by atoms with Gasteiger partial charge in [-0.05, 0) is 0 Å². The van der Waals surface area contributed by atoms with Gasteiger partial charge in [0.15, 0.2) is 0 Å². The number of unbranched alkanes of at least 4 members (excludes halogenated alkanes) is 1. The fourth-order valence-electron chi connectivity index (χ4n) is 0. The molecule has 0 aliphatic carbocycles. The molecule has 3 N–H and O–H groups in total. The SMILES string of the molecule is CO.CO.CO.[CH2-]CCC.[Ti]. The summed E-state index contributed by atoms with van der Waals surface area (Å²) in [5.74, 6) is 0. The van der Waals surface area contributed by atoms with Crippen LogP contribution in [0.5, 0.6) is 0 Å². The van der Waals surface area contributed by atoms with E-state index in [2.05, 4.69) is 13.8 Å². The molecule has 0 radical (unpaired) electrons. The third-order valence-corrected chi connectivity index (χ3v) is 0.354. The molecule has 0 aromatic carbocycles. The average Bonchev–Trinajstić information content (AvgIpc) is 2.14. The van der Waals surface area contributed by atoms with Crippen molar-refractivity contribution in [3.63, 3.8) is 0 Å². The van der Waals surface area contributed by atoms with Gasteiger partial charge in [-0.1, -0.05) is 13.3 Å². The van der Waals surface area contributed by atoms with Gasteiger partial charge in [-0.2, -0.15) is 6.42 Å². The second-order valence-corrected chi connectivity index (χ2v) is 0.854. The molecule has 0 bridgehead atoms. The van der Waals surface area contributed by atoms with Crippen molar-refractivity contribution in [1.29, 1.82) is 0 Å². The Morgan fingerprint density at radius 3 is 1.00 bits per heavy atom. The maximum atomic E-state index is 7.00. The fourth-order valence-corrected chi connectivity index (χ4v) is 0. The Balaban J connectivity index is -0.0000000152. The summed E-state index contributed by atoms with van der Waals surface area (Å²) in [5, 5.41) is 21.0. The minimum Gasteiger partial charge on any atom is -0.400 e. The molecule has 4 heteroatoms. The van der Waals surface area contributed by atoms with Crippen molar-refractivity contribution in [3.05, 3.63) is 6.92 Å². The molecular formula is C7H21O3Ti-. The first kappa shape index (κ1) is 29.9. The first-order valence-corrected chi connectivity index (χ1v) is 3.05. The maximum absolute atomic E-state index is 7.00. The molecule has 0 saturated heterocycles. The van der Waals surface area contributed by atoms with E-state index >= 15 is 0 Å². The normalized spacial score (nSPS) is 4.36. The van der Waals surface area contributed by atoms with Crippen molar-refractivity contribution in [1.82, 2.24) is 0 Å². The summed E-state index contributed by atoms with van der Waals surface area (Å²) in [7, 11) is 3.00. The quantitative estimate of drug-likeness (QED) is 0.426. The van der Waals surface area contributed by atoms with Crippen LogP contribution < -0.4 is 0 Å². The van der Waals surface area contributed by atoms with Gasteiger partial charge >= 0.3 is 0 Å². The zero-order valence-corrected chi connectivity index (χ0v) is 9.52. The van der Waals surface area contributed by atoms with Crippen molar-refractivity contribution in [2.75, 3.05) is 21.3 Å². The van der Waals surface area contributed by atoms with Crippen molar-refractivity contribution in [3.8, 4) is 0 Å². The number of hydrogen-bond donors (Lipinski definition) is 3. The van der Waals surface area contributed by atoms with E-state index in [0.29, 0.717) is 0 Å². The van der Waals surface area contributed by atoms with Crippen LogP contribution in [0, 0.1) is 6.92 Å². The van der Waals surface area contributed by atoms with E-state index in [4.69, 9.17) is 15.3 Å². The predicted octanol–water partition coefficient (Wildman–Crippen LogP) is 0.444. The summed E-state index contributed by atoms with van der Waals surface area (Å²) in [4.78, 5) is 0. The van der Waals surface area contributed by atoms with Gasteiger partial charge in [0.2, 0.25) is 0 Å². The minimum absolute atomic E-state index is 0. The van der Waals surface area contributed by atoms with Gasteiger partial charge in [0.25, 0.3) is 0 Å². The molecule has 11 heavy (non-hydrogen) atoms. The molecule has 0 aliphatic heterocycles. The zero-order valence-electron chi connectivity index (χ0n) is 7.96. The third kappa shape index (κ3) is 308. The van der Waals surface area contributed by atoms with E-state index in [1.807, 2.05) is 0 Å². The predicted molar refractivity (Wildman–Crippen MR) is 44.7 cm³/mol. The number of aliphatic hydroxyl groups is 3. The van der Waals surface area contributed by atoms with Crippen molar-refractivity contribution < 1.29 is 37.0 Å². The Hall–Kier alpha value is 0.594. The van der Waals surface area contributed by atoms with Crippen molar-refractivity contribution >= 4 is 0 Å². The molecule has 0 unspecified atom stereocenters. The molecule has 0 spiro atoms. The summed E-state index contributed by atoms with van der Waals surface area (Å²) in [5.41, 5.74) is 0. The second-order valence-electron chi connectivity index (χ2n) is 0.854. The van der Waals surface area contributed by atoms with Crippen LogP contribution in [0.1, 0.15) is 19.8 Å². The maximum Gasteiger partial charge on any atom is 0.0319 e. The average molecular weight is 201 g/mol. The Morgan fingerprint density at radius 1 is 0.909 bits per heavy atom. The van der Waals surface area contributed by atoms with Gasteiger partial charge in [0.1, 0.15) is 0 Å². The van der Waals surface area contributed by atoms with E-state index < -0.39 is 0 Å². The topological polar surface area (TPSA) is 60.7 Å². The molecule has 72 valence electrons.